The van der Waals surface area contributed by atoms with Crippen molar-refractivity contribution in [1.29, 1.82) is 0 Å². The van der Waals surface area contributed by atoms with E-state index in [4.69, 9.17) is 27.6 Å². The van der Waals surface area contributed by atoms with Gasteiger partial charge in [0.15, 0.2) is 17.1 Å². The number of aromatic nitrogens is 4. The van der Waals surface area contributed by atoms with Crippen LogP contribution in [-0.4, -0.2) is 24.6 Å². The number of hydrogen-bond acceptors (Lipinski definition) is 5. The summed E-state index contributed by atoms with van der Waals surface area (Å²) in [7, 11) is 1.84. The lowest BCUT2D eigenvalue weighted by molar-refractivity contribution is 0.117. The topological polar surface area (TPSA) is 77.0 Å². The molecule has 1 atom stereocenters. The smallest absolute Gasteiger partial charge is 0.192 e. The molecule has 0 bridgehead atoms. The minimum atomic E-state index is -1.56. The summed E-state index contributed by atoms with van der Waals surface area (Å²) in [4.78, 5) is 13.3. The molecule has 8 heteroatoms. The fourth-order valence-electron chi connectivity index (χ4n) is 4.71. The van der Waals surface area contributed by atoms with Gasteiger partial charge in [0, 0.05) is 24.9 Å². The highest BCUT2D eigenvalue weighted by atomic mass is 35.5. The normalized spacial score (nSPS) is 13.4. The van der Waals surface area contributed by atoms with E-state index in [9.17, 15) is 5.11 Å². The van der Waals surface area contributed by atoms with E-state index in [1.165, 1.54) is 0 Å². The third kappa shape index (κ3) is 3.49. The van der Waals surface area contributed by atoms with Crippen LogP contribution in [0.5, 0.6) is 0 Å². The van der Waals surface area contributed by atoms with Crippen LogP contribution in [0.2, 0.25) is 10.2 Å². The van der Waals surface area contributed by atoms with Gasteiger partial charge in [0.2, 0.25) is 0 Å². The first-order chi connectivity index (χ1) is 17.4. The maximum absolute atomic E-state index is 12.4. The summed E-state index contributed by atoms with van der Waals surface area (Å²) in [5, 5.41) is 13.9. The van der Waals surface area contributed by atoms with Gasteiger partial charge in [0.25, 0.3) is 0 Å². The van der Waals surface area contributed by atoms with Crippen molar-refractivity contribution in [3.05, 3.63) is 112 Å². The minimum absolute atomic E-state index is 0.320. The van der Waals surface area contributed by atoms with E-state index in [0.29, 0.717) is 60.5 Å². The predicted octanol–water partition coefficient (Wildman–Crippen LogP) is 6.68. The highest BCUT2D eigenvalue weighted by molar-refractivity contribution is 6.42. The van der Waals surface area contributed by atoms with Crippen LogP contribution in [0.25, 0.3) is 33.1 Å². The van der Waals surface area contributed by atoms with E-state index in [2.05, 4.69) is 15.0 Å². The summed E-state index contributed by atoms with van der Waals surface area (Å²) in [6.07, 6.45) is 3.31. The lowest BCUT2D eigenvalue weighted by Gasteiger charge is -2.30. The zero-order valence-corrected chi connectivity index (χ0v) is 20.9. The van der Waals surface area contributed by atoms with Crippen LogP contribution in [-0.2, 0) is 12.6 Å². The SMILES string of the molecule is Cc1nc2cc(C(O)(c3ccc4nc(Cl)c(-c5ccccc5)c(Cl)c4c3)c3cncn3C)ccc2o1. The standard InChI is InChI=1S/C28H20Cl2N4O2/c1-16-32-22-13-19(9-11-23(22)36-16)28(35,24-14-31-15-34(24)2)18-8-10-21-20(12-18)26(29)25(27(30)33-21)17-6-4-3-5-7-17/h3-15,35H,1-2H3. The molecule has 1 N–H and O–H groups in total. The number of nitrogens with zero attached hydrogens (tertiary/aromatic N) is 4. The fourth-order valence-corrected chi connectivity index (χ4v) is 5.40. The summed E-state index contributed by atoms with van der Waals surface area (Å²) in [6, 6.07) is 20.6. The second-order valence-electron chi connectivity index (χ2n) is 8.71. The van der Waals surface area contributed by atoms with Gasteiger partial charge in [-0.15, -0.1) is 0 Å². The molecule has 0 saturated heterocycles. The van der Waals surface area contributed by atoms with Crippen molar-refractivity contribution >= 4 is 45.2 Å². The molecule has 0 fully saturated rings. The van der Waals surface area contributed by atoms with Gasteiger partial charge in [0.1, 0.15) is 10.7 Å². The Morgan fingerprint density at radius 1 is 0.917 bits per heavy atom. The highest BCUT2D eigenvalue weighted by Gasteiger charge is 2.37. The van der Waals surface area contributed by atoms with E-state index in [-0.39, 0.29) is 0 Å². The predicted molar refractivity (Wildman–Crippen MR) is 141 cm³/mol. The molecule has 6 rings (SSSR count). The van der Waals surface area contributed by atoms with Crippen molar-refractivity contribution in [1.82, 2.24) is 19.5 Å². The summed E-state index contributed by atoms with van der Waals surface area (Å²) >= 11 is 13.5. The monoisotopic (exact) mass is 514 g/mol. The molecule has 0 aliphatic carbocycles. The number of aryl methyl sites for hydroxylation is 2. The number of fused-ring (bicyclic) bond motifs is 2. The first-order valence-corrected chi connectivity index (χ1v) is 12.0. The van der Waals surface area contributed by atoms with Crippen molar-refractivity contribution in [2.24, 2.45) is 7.05 Å². The number of oxazole rings is 1. The molecule has 6 nitrogen and oxygen atoms in total. The molecule has 3 aromatic heterocycles. The largest absolute Gasteiger partial charge is 0.441 e. The number of rotatable bonds is 4. The van der Waals surface area contributed by atoms with Crippen molar-refractivity contribution in [2.75, 3.05) is 0 Å². The molecule has 0 aliphatic heterocycles. The van der Waals surface area contributed by atoms with Crippen molar-refractivity contribution in [2.45, 2.75) is 12.5 Å². The van der Waals surface area contributed by atoms with Crippen LogP contribution in [0.3, 0.4) is 0 Å². The molecular weight excluding hydrogens is 495 g/mol. The highest BCUT2D eigenvalue weighted by Crippen LogP contribution is 2.42. The Balaban J connectivity index is 1.62. The van der Waals surface area contributed by atoms with E-state index in [1.54, 1.807) is 24.0 Å². The quantitative estimate of drug-likeness (QED) is 0.265. The van der Waals surface area contributed by atoms with E-state index in [0.717, 1.165) is 5.56 Å². The average molecular weight is 515 g/mol. The number of aliphatic hydroxyl groups is 1. The minimum Gasteiger partial charge on any atom is -0.441 e. The third-order valence-corrected chi connectivity index (χ3v) is 7.12. The molecule has 0 spiro atoms. The lowest BCUT2D eigenvalue weighted by atomic mass is 9.82. The number of hydrogen-bond donors (Lipinski definition) is 1. The van der Waals surface area contributed by atoms with Gasteiger partial charge < -0.3 is 14.1 Å². The Bertz CT molecular complexity index is 1760. The molecule has 36 heavy (non-hydrogen) atoms. The zero-order valence-electron chi connectivity index (χ0n) is 19.4. The van der Waals surface area contributed by atoms with Crippen LogP contribution >= 0.6 is 23.2 Å². The van der Waals surface area contributed by atoms with Crippen LogP contribution in [0, 0.1) is 6.92 Å². The molecule has 178 valence electrons. The first kappa shape index (κ1) is 22.7. The van der Waals surface area contributed by atoms with Crippen LogP contribution in [0.1, 0.15) is 22.7 Å². The van der Waals surface area contributed by atoms with Gasteiger partial charge in [0.05, 0.1) is 28.8 Å². The summed E-state index contributed by atoms with van der Waals surface area (Å²) in [5.74, 6) is 0.556. The van der Waals surface area contributed by atoms with Gasteiger partial charge in [-0.05, 0) is 41.0 Å². The number of halogens is 2. The molecular formula is C28H20Cl2N4O2. The summed E-state index contributed by atoms with van der Waals surface area (Å²) < 4.78 is 7.44. The van der Waals surface area contributed by atoms with E-state index >= 15 is 0 Å². The van der Waals surface area contributed by atoms with Gasteiger partial charge in [-0.1, -0.05) is 65.7 Å². The maximum atomic E-state index is 12.4. The molecule has 0 aliphatic rings. The number of pyridine rings is 1. The molecule has 6 aromatic rings. The number of benzene rings is 3. The lowest BCUT2D eigenvalue weighted by Crippen LogP contribution is -2.31. The molecule has 3 aromatic carbocycles. The molecule has 0 amide bonds. The zero-order chi connectivity index (χ0) is 25.0. The summed E-state index contributed by atoms with van der Waals surface area (Å²) in [5.41, 5.74) is 3.69. The second kappa shape index (κ2) is 8.45. The number of imidazole rings is 1. The van der Waals surface area contributed by atoms with Crippen LogP contribution in [0.15, 0.2) is 83.7 Å². The van der Waals surface area contributed by atoms with E-state index < -0.39 is 5.60 Å². The maximum Gasteiger partial charge on any atom is 0.192 e. The second-order valence-corrected chi connectivity index (χ2v) is 9.44. The first-order valence-electron chi connectivity index (χ1n) is 11.3. The Kier molecular flexibility index (Phi) is 5.34. The van der Waals surface area contributed by atoms with Crippen molar-refractivity contribution in [3.63, 3.8) is 0 Å². The Morgan fingerprint density at radius 2 is 1.67 bits per heavy atom. The van der Waals surface area contributed by atoms with Crippen LogP contribution in [0.4, 0.5) is 0 Å². The van der Waals surface area contributed by atoms with Crippen molar-refractivity contribution < 1.29 is 9.52 Å². The third-order valence-electron chi connectivity index (χ3n) is 6.46. The summed E-state index contributed by atoms with van der Waals surface area (Å²) in [6.45, 7) is 1.79. The molecule has 0 saturated carbocycles. The van der Waals surface area contributed by atoms with Gasteiger partial charge in [-0.2, -0.15) is 0 Å². The Labute approximate surface area is 216 Å². The van der Waals surface area contributed by atoms with Crippen molar-refractivity contribution in [3.8, 4) is 11.1 Å². The fraction of sp³-hybridized carbons (Fsp3) is 0.107. The molecule has 0 radical (unpaired) electrons. The van der Waals surface area contributed by atoms with Gasteiger partial charge in [-0.3, -0.25) is 0 Å². The van der Waals surface area contributed by atoms with Gasteiger partial charge in [-0.25, -0.2) is 15.0 Å². The van der Waals surface area contributed by atoms with Crippen LogP contribution < -0.4 is 0 Å². The Hall–Kier alpha value is -3.71. The molecule has 1 unspecified atom stereocenters. The molecule has 3 heterocycles. The van der Waals surface area contributed by atoms with E-state index in [1.807, 2.05) is 73.8 Å². The average Bonchev–Trinajstić information content (AvgIpc) is 3.48. The Morgan fingerprint density at radius 3 is 2.42 bits per heavy atom. The van der Waals surface area contributed by atoms with Gasteiger partial charge >= 0.3 is 0 Å².